The standard InChI is InChI=1S/C16H14N8O3/c1-11-4-2-3-5-12(11)16(25)22-21-14-13(24(26)27)15(20-10-19-14)23(8-6-17)9-7-18/h2-5,10H,8-9H2,1H3,(H,22,25)(H,19,20,21). The zero-order chi connectivity index (χ0) is 19.8. The van der Waals surface area contributed by atoms with Crippen LogP contribution in [-0.2, 0) is 0 Å². The van der Waals surface area contributed by atoms with Crippen LogP contribution in [0, 0.1) is 39.7 Å². The van der Waals surface area contributed by atoms with Crippen LogP contribution in [0.2, 0.25) is 0 Å². The quantitative estimate of drug-likeness (QED) is 0.418. The van der Waals surface area contributed by atoms with Gasteiger partial charge in [-0.2, -0.15) is 10.5 Å². The van der Waals surface area contributed by atoms with Crippen molar-refractivity contribution in [3.8, 4) is 12.1 Å². The fourth-order valence-electron chi connectivity index (χ4n) is 2.25. The molecule has 0 spiro atoms. The highest BCUT2D eigenvalue weighted by Gasteiger charge is 2.27. The van der Waals surface area contributed by atoms with Crippen molar-refractivity contribution < 1.29 is 9.72 Å². The van der Waals surface area contributed by atoms with E-state index in [2.05, 4.69) is 20.8 Å². The summed E-state index contributed by atoms with van der Waals surface area (Å²) in [6.45, 7) is 1.20. The normalized spacial score (nSPS) is 9.59. The minimum Gasteiger partial charge on any atom is -0.324 e. The van der Waals surface area contributed by atoms with Crippen LogP contribution in [0.1, 0.15) is 15.9 Å². The van der Waals surface area contributed by atoms with E-state index in [0.717, 1.165) is 16.8 Å². The maximum atomic E-state index is 12.3. The molecule has 0 aliphatic carbocycles. The number of carbonyl (C=O) groups excluding carboxylic acids is 1. The lowest BCUT2D eigenvalue weighted by Crippen LogP contribution is -2.31. The molecule has 11 nitrogen and oxygen atoms in total. The molecule has 1 aromatic carbocycles. The Kier molecular flexibility index (Phi) is 6.17. The van der Waals surface area contributed by atoms with Gasteiger partial charge in [-0.05, 0) is 18.6 Å². The van der Waals surface area contributed by atoms with E-state index in [4.69, 9.17) is 10.5 Å². The van der Waals surface area contributed by atoms with Crippen molar-refractivity contribution in [1.82, 2.24) is 15.4 Å². The number of aryl methyl sites for hydroxylation is 1. The number of hydrogen-bond donors (Lipinski definition) is 2. The fraction of sp³-hybridized carbons (Fsp3) is 0.188. The van der Waals surface area contributed by atoms with Crippen LogP contribution in [-0.4, -0.2) is 33.9 Å². The van der Waals surface area contributed by atoms with Crippen molar-refractivity contribution in [2.45, 2.75) is 6.92 Å². The van der Waals surface area contributed by atoms with Crippen LogP contribution in [0.4, 0.5) is 17.3 Å². The zero-order valence-electron chi connectivity index (χ0n) is 14.2. The van der Waals surface area contributed by atoms with Crippen LogP contribution in [0.3, 0.4) is 0 Å². The van der Waals surface area contributed by atoms with Gasteiger partial charge in [0, 0.05) is 5.56 Å². The summed E-state index contributed by atoms with van der Waals surface area (Å²) in [6.07, 6.45) is 1.03. The Balaban J connectivity index is 2.32. The van der Waals surface area contributed by atoms with Crippen molar-refractivity contribution in [1.29, 1.82) is 10.5 Å². The third-order valence-corrected chi connectivity index (χ3v) is 3.49. The number of anilines is 2. The Hall–Kier alpha value is -4.25. The first-order valence-electron chi connectivity index (χ1n) is 7.59. The molecule has 1 aromatic heterocycles. The monoisotopic (exact) mass is 366 g/mol. The van der Waals surface area contributed by atoms with E-state index in [0.29, 0.717) is 5.56 Å². The molecule has 1 heterocycles. The average molecular weight is 366 g/mol. The minimum atomic E-state index is -0.751. The van der Waals surface area contributed by atoms with E-state index < -0.39 is 16.5 Å². The van der Waals surface area contributed by atoms with Crippen molar-refractivity contribution in [3.05, 3.63) is 51.8 Å². The number of amides is 1. The minimum absolute atomic E-state index is 0.203. The van der Waals surface area contributed by atoms with Gasteiger partial charge < -0.3 is 4.90 Å². The van der Waals surface area contributed by atoms with E-state index >= 15 is 0 Å². The number of nitro groups is 1. The highest BCUT2D eigenvalue weighted by Crippen LogP contribution is 2.31. The second kappa shape index (κ2) is 8.73. The van der Waals surface area contributed by atoms with E-state index in [1.165, 1.54) is 0 Å². The molecule has 2 rings (SSSR count). The molecule has 0 radical (unpaired) electrons. The number of aromatic nitrogens is 2. The summed E-state index contributed by atoms with van der Waals surface area (Å²) < 4.78 is 0. The maximum absolute atomic E-state index is 12.3. The summed E-state index contributed by atoms with van der Waals surface area (Å²) in [5, 5.41) is 29.2. The van der Waals surface area contributed by atoms with Gasteiger partial charge in [-0.25, -0.2) is 9.97 Å². The van der Waals surface area contributed by atoms with Gasteiger partial charge >= 0.3 is 5.69 Å². The number of rotatable bonds is 7. The van der Waals surface area contributed by atoms with Crippen molar-refractivity contribution >= 4 is 23.2 Å². The van der Waals surface area contributed by atoms with Crippen molar-refractivity contribution in [3.63, 3.8) is 0 Å². The van der Waals surface area contributed by atoms with Crippen LogP contribution >= 0.6 is 0 Å². The topological polar surface area (TPSA) is 161 Å². The Morgan fingerprint density at radius 1 is 1.26 bits per heavy atom. The maximum Gasteiger partial charge on any atom is 0.355 e. The van der Waals surface area contributed by atoms with Crippen LogP contribution in [0.5, 0.6) is 0 Å². The molecular weight excluding hydrogens is 352 g/mol. The summed E-state index contributed by atoms with van der Waals surface area (Å²) in [6, 6.07) is 10.5. The van der Waals surface area contributed by atoms with E-state index in [9.17, 15) is 14.9 Å². The van der Waals surface area contributed by atoms with Crippen LogP contribution in [0.25, 0.3) is 0 Å². The summed E-state index contributed by atoms with van der Waals surface area (Å²) in [7, 11) is 0. The SMILES string of the molecule is Cc1ccccc1C(=O)NNc1ncnc(N(CC#N)CC#N)c1[N+](=O)[O-]. The second-order valence-electron chi connectivity index (χ2n) is 5.22. The molecule has 0 aliphatic rings. The Bertz CT molecular complexity index is 931. The molecular formula is C16H14N8O3. The van der Waals surface area contributed by atoms with Gasteiger partial charge in [-0.15, -0.1) is 0 Å². The number of carbonyl (C=O) groups is 1. The summed E-state index contributed by atoms with van der Waals surface area (Å²) in [5.74, 6) is -0.980. The van der Waals surface area contributed by atoms with Crippen LogP contribution in [0.15, 0.2) is 30.6 Å². The predicted molar refractivity (Wildman–Crippen MR) is 94.4 cm³/mol. The molecule has 1 amide bonds. The fourth-order valence-corrected chi connectivity index (χ4v) is 2.25. The van der Waals surface area contributed by atoms with Crippen LogP contribution < -0.4 is 15.8 Å². The molecule has 11 heteroatoms. The van der Waals surface area contributed by atoms with Gasteiger partial charge in [0.2, 0.25) is 11.6 Å². The van der Waals surface area contributed by atoms with Crippen molar-refractivity contribution in [2.24, 2.45) is 0 Å². The number of benzene rings is 1. The third kappa shape index (κ3) is 4.43. The Labute approximate surface area is 154 Å². The van der Waals surface area contributed by atoms with Gasteiger partial charge in [0.25, 0.3) is 5.91 Å². The number of hydrazine groups is 1. The first kappa shape index (κ1) is 19.1. The molecule has 0 fully saturated rings. The van der Waals surface area contributed by atoms with Gasteiger partial charge in [0.05, 0.1) is 17.1 Å². The first-order valence-corrected chi connectivity index (χ1v) is 7.59. The molecule has 0 atom stereocenters. The molecule has 0 unspecified atom stereocenters. The molecule has 2 aromatic rings. The molecule has 0 saturated heterocycles. The molecule has 0 aliphatic heterocycles. The molecule has 136 valence electrons. The Morgan fingerprint density at radius 3 is 2.52 bits per heavy atom. The molecule has 0 bridgehead atoms. The average Bonchev–Trinajstić information content (AvgIpc) is 2.65. The smallest absolute Gasteiger partial charge is 0.324 e. The highest BCUT2D eigenvalue weighted by atomic mass is 16.6. The first-order chi connectivity index (χ1) is 13.0. The molecule has 2 N–H and O–H groups in total. The number of nitrogens with zero attached hydrogens (tertiary/aromatic N) is 6. The summed E-state index contributed by atoms with van der Waals surface area (Å²) in [5.41, 5.74) is 5.31. The lowest BCUT2D eigenvalue weighted by atomic mass is 10.1. The number of nitriles is 2. The Morgan fingerprint density at radius 2 is 1.93 bits per heavy atom. The number of hydrogen-bond acceptors (Lipinski definition) is 9. The van der Waals surface area contributed by atoms with Gasteiger partial charge in [-0.3, -0.25) is 25.8 Å². The highest BCUT2D eigenvalue weighted by molar-refractivity contribution is 5.96. The largest absolute Gasteiger partial charge is 0.355 e. The third-order valence-electron chi connectivity index (χ3n) is 3.49. The molecule has 27 heavy (non-hydrogen) atoms. The second-order valence-corrected chi connectivity index (χ2v) is 5.22. The van der Waals surface area contributed by atoms with Gasteiger partial charge in [0.1, 0.15) is 19.4 Å². The summed E-state index contributed by atoms with van der Waals surface area (Å²) >= 11 is 0. The zero-order valence-corrected chi connectivity index (χ0v) is 14.2. The number of nitrogens with one attached hydrogen (secondary N) is 2. The van der Waals surface area contributed by atoms with Gasteiger partial charge in [-0.1, -0.05) is 18.2 Å². The lowest BCUT2D eigenvalue weighted by molar-refractivity contribution is -0.383. The van der Waals surface area contributed by atoms with Gasteiger partial charge in [0.15, 0.2) is 0 Å². The molecule has 0 saturated carbocycles. The summed E-state index contributed by atoms with van der Waals surface area (Å²) in [4.78, 5) is 31.7. The predicted octanol–water partition coefficient (Wildman–Crippen LogP) is 1.30. The van der Waals surface area contributed by atoms with E-state index in [1.807, 2.05) is 12.1 Å². The van der Waals surface area contributed by atoms with E-state index in [1.54, 1.807) is 31.2 Å². The van der Waals surface area contributed by atoms with E-state index in [-0.39, 0.29) is 24.7 Å². The van der Waals surface area contributed by atoms with Crippen molar-refractivity contribution in [2.75, 3.05) is 23.4 Å². The lowest BCUT2D eigenvalue weighted by Gasteiger charge is -2.17.